The minimum atomic E-state index is -0.147. The lowest BCUT2D eigenvalue weighted by atomic mass is 9.92. The Kier molecular flexibility index (Phi) is 5.39. The lowest BCUT2D eigenvalue weighted by Gasteiger charge is -2.12. The number of carbonyl (C=O) groups excluding carboxylic acids is 2. The number of nitrogens with zero attached hydrogens (tertiary/aromatic N) is 4. The largest absolute Gasteiger partial charge is 0.316 e. The minimum absolute atomic E-state index is 0.0179. The molecule has 7 nitrogen and oxygen atoms in total. The van der Waals surface area contributed by atoms with Crippen LogP contribution < -0.4 is 5.32 Å². The number of carbonyl (C=O) groups is 2. The summed E-state index contributed by atoms with van der Waals surface area (Å²) in [5, 5.41) is 16.1. The molecule has 0 aliphatic heterocycles. The number of nitrogens with one attached hydrogen (secondary N) is 1. The monoisotopic (exact) mass is 439 g/mol. The van der Waals surface area contributed by atoms with Crippen LogP contribution in [0.25, 0.3) is 0 Å². The molecule has 1 fully saturated rings. The number of aryl methyl sites for hydroxylation is 1. The van der Waals surface area contributed by atoms with Gasteiger partial charge in [-0.2, -0.15) is 0 Å². The second-order valence-corrected chi connectivity index (χ2v) is 9.63. The van der Waals surface area contributed by atoms with Crippen LogP contribution in [0.3, 0.4) is 0 Å². The molecule has 154 valence electrons. The van der Waals surface area contributed by atoms with E-state index in [4.69, 9.17) is 0 Å². The van der Waals surface area contributed by atoms with Crippen LogP contribution >= 0.6 is 23.1 Å². The highest BCUT2D eigenvalue weighted by molar-refractivity contribution is 7.99. The van der Waals surface area contributed by atoms with Crippen molar-refractivity contribution in [2.75, 3.05) is 11.1 Å². The smallest absolute Gasteiger partial charge is 0.235 e. The van der Waals surface area contributed by atoms with E-state index in [0.29, 0.717) is 27.3 Å². The van der Waals surface area contributed by atoms with Gasteiger partial charge in [0.25, 0.3) is 0 Å². The average Bonchev–Trinajstić information content (AvgIpc) is 3.39. The number of amides is 1. The number of aromatic nitrogens is 4. The number of rotatable bonds is 7. The number of fused-ring (bicyclic) bond motifs is 1. The van der Waals surface area contributed by atoms with Gasteiger partial charge in [0.05, 0.1) is 17.4 Å². The van der Waals surface area contributed by atoms with E-state index in [9.17, 15) is 9.59 Å². The molecule has 30 heavy (non-hydrogen) atoms. The quantitative estimate of drug-likeness (QED) is 0.443. The summed E-state index contributed by atoms with van der Waals surface area (Å²) in [5.74, 6) is 0.0379. The molecule has 3 aromatic rings. The van der Waals surface area contributed by atoms with E-state index in [2.05, 4.69) is 20.8 Å². The van der Waals surface area contributed by atoms with Gasteiger partial charge in [-0.25, -0.2) is 4.68 Å². The van der Waals surface area contributed by atoms with Gasteiger partial charge >= 0.3 is 0 Å². The zero-order chi connectivity index (χ0) is 20.5. The SMILES string of the molecule is O=C(CSc1nnnn1C1CC1)Nc1sc2c(c1C(=O)c1ccccc1)CCCC2. The first-order valence-corrected chi connectivity index (χ1v) is 12.0. The van der Waals surface area contributed by atoms with E-state index < -0.39 is 0 Å². The molecule has 2 aliphatic carbocycles. The number of hydrogen-bond acceptors (Lipinski definition) is 7. The van der Waals surface area contributed by atoms with Crippen LogP contribution in [0.4, 0.5) is 5.00 Å². The number of ketones is 1. The highest BCUT2D eigenvalue weighted by Crippen LogP contribution is 2.40. The Labute approximate surface area is 182 Å². The molecule has 2 aromatic heterocycles. The third kappa shape index (κ3) is 3.91. The summed E-state index contributed by atoms with van der Waals surface area (Å²) < 4.78 is 1.80. The first-order valence-electron chi connectivity index (χ1n) is 10.2. The van der Waals surface area contributed by atoms with Crippen LogP contribution in [0.1, 0.15) is 58.1 Å². The molecular formula is C21H21N5O2S2. The Bertz CT molecular complexity index is 1090. The fraction of sp³-hybridized carbons (Fsp3) is 0.381. The third-order valence-electron chi connectivity index (χ3n) is 5.38. The molecule has 0 atom stereocenters. The molecule has 1 aromatic carbocycles. The van der Waals surface area contributed by atoms with Gasteiger partial charge in [-0.3, -0.25) is 9.59 Å². The average molecular weight is 440 g/mol. The van der Waals surface area contributed by atoms with Gasteiger partial charge < -0.3 is 5.32 Å². The van der Waals surface area contributed by atoms with Crippen LogP contribution in [0.5, 0.6) is 0 Å². The molecular weight excluding hydrogens is 418 g/mol. The Morgan fingerprint density at radius 3 is 2.77 bits per heavy atom. The number of benzene rings is 1. The maximum Gasteiger partial charge on any atom is 0.235 e. The number of tetrazole rings is 1. The first-order chi connectivity index (χ1) is 14.7. The Balaban J connectivity index is 1.35. The number of thioether (sulfide) groups is 1. The van der Waals surface area contributed by atoms with Crippen molar-refractivity contribution in [1.29, 1.82) is 0 Å². The second kappa shape index (κ2) is 8.31. The fourth-order valence-electron chi connectivity index (χ4n) is 3.75. The van der Waals surface area contributed by atoms with Crippen LogP contribution in [0, 0.1) is 0 Å². The van der Waals surface area contributed by atoms with Crippen LogP contribution in [-0.4, -0.2) is 37.7 Å². The summed E-state index contributed by atoms with van der Waals surface area (Å²) in [4.78, 5) is 27.2. The van der Waals surface area contributed by atoms with E-state index in [1.807, 2.05) is 30.3 Å². The van der Waals surface area contributed by atoms with Gasteiger partial charge in [0.1, 0.15) is 5.00 Å². The van der Waals surface area contributed by atoms with E-state index in [0.717, 1.165) is 44.1 Å². The van der Waals surface area contributed by atoms with Gasteiger partial charge in [-0.15, -0.1) is 16.4 Å². The van der Waals surface area contributed by atoms with Crippen molar-refractivity contribution in [2.45, 2.75) is 49.7 Å². The highest BCUT2D eigenvalue weighted by Gasteiger charge is 2.29. The Hall–Kier alpha value is -2.52. The lowest BCUT2D eigenvalue weighted by Crippen LogP contribution is -2.17. The van der Waals surface area contributed by atoms with Gasteiger partial charge in [0, 0.05) is 10.4 Å². The zero-order valence-corrected chi connectivity index (χ0v) is 18.0. The molecule has 1 saturated carbocycles. The van der Waals surface area contributed by atoms with Crippen molar-refractivity contribution in [3.05, 3.63) is 51.9 Å². The summed E-state index contributed by atoms with van der Waals surface area (Å²) in [6.07, 6.45) is 6.22. The van der Waals surface area contributed by atoms with E-state index in [1.54, 1.807) is 16.0 Å². The number of hydrogen-bond donors (Lipinski definition) is 1. The summed E-state index contributed by atoms with van der Waals surface area (Å²) >= 11 is 2.88. The summed E-state index contributed by atoms with van der Waals surface area (Å²) in [6.45, 7) is 0. The molecule has 2 heterocycles. The molecule has 0 spiro atoms. The fourth-order valence-corrected chi connectivity index (χ4v) is 5.80. The van der Waals surface area contributed by atoms with Crippen molar-refractivity contribution >= 4 is 39.8 Å². The Morgan fingerprint density at radius 2 is 1.97 bits per heavy atom. The van der Waals surface area contributed by atoms with Gasteiger partial charge in [-0.1, -0.05) is 42.1 Å². The van der Waals surface area contributed by atoms with Crippen molar-refractivity contribution in [1.82, 2.24) is 20.2 Å². The van der Waals surface area contributed by atoms with E-state index in [-0.39, 0.29) is 17.4 Å². The molecule has 5 rings (SSSR count). The van der Waals surface area contributed by atoms with E-state index >= 15 is 0 Å². The van der Waals surface area contributed by atoms with Crippen molar-refractivity contribution in [2.24, 2.45) is 0 Å². The van der Waals surface area contributed by atoms with Crippen molar-refractivity contribution in [3.63, 3.8) is 0 Å². The molecule has 0 saturated heterocycles. The topological polar surface area (TPSA) is 89.8 Å². The predicted octanol–water partition coefficient (Wildman–Crippen LogP) is 3.91. The number of thiophene rings is 1. The predicted molar refractivity (Wildman–Crippen MR) is 116 cm³/mol. The number of anilines is 1. The standard InChI is InChI=1S/C21H21N5O2S2/c27-17(12-29-21-23-24-25-26(21)14-10-11-14)22-20-18(15-8-4-5-9-16(15)30-20)19(28)13-6-2-1-3-7-13/h1-3,6-7,14H,4-5,8-12H2,(H,22,27). The normalized spacial score (nSPS) is 15.6. The van der Waals surface area contributed by atoms with Gasteiger partial charge in [0.15, 0.2) is 5.78 Å². The maximum atomic E-state index is 13.3. The summed E-state index contributed by atoms with van der Waals surface area (Å²) in [6, 6.07) is 9.65. The molecule has 9 heteroatoms. The highest BCUT2D eigenvalue weighted by atomic mass is 32.2. The first kappa shape index (κ1) is 19.4. The van der Waals surface area contributed by atoms with E-state index in [1.165, 1.54) is 16.6 Å². The molecule has 1 amide bonds. The van der Waals surface area contributed by atoms with Crippen LogP contribution in [0.2, 0.25) is 0 Å². The maximum absolute atomic E-state index is 13.3. The second-order valence-electron chi connectivity index (χ2n) is 7.58. The third-order valence-corrected chi connectivity index (χ3v) is 7.52. The zero-order valence-electron chi connectivity index (χ0n) is 16.3. The van der Waals surface area contributed by atoms with Crippen molar-refractivity contribution in [3.8, 4) is 0 Å². The molecule has 0 radical (unpaired) electrons. The summed E-state index contributed by atoms with van der Waals surface area (Å²) in [7, 11) is 0. The molecule has 0 unspecified atom stereocenters. The summed E-state index contributed by atoms with van der Waals surface area (Å²) in [5.41, 5.74) is 2.43. The molecule has 1 N–H and O–H groups in total. The van der Waals surface area contributed by atoms with Gasteiger partial charge in [-0.05, 0) is 54.5 Å². The minimum Gasteiger partial charge on any atom is -0.316 e. The van der Waals surface area contributed by atoms with Gasteiger partial charge in [0.2, 0.25) is 11.1 Å². The van der Waals surface area contributed by atoms with Crippen LogP contribution in [-0.2, 0) is 17.6 Å². The lowest BCUT2D eigenvalue weighted by molar-refractivity contribution is -0.113. The Morgan fingerprint density at radius 1 is 1.17 bits per heavy atom. The van der Waals surface area contributed by atoms with Crippen molar-refractivity contribution < 1.29 is 9.59 Å². The molecule has 2 aliphatic rings. The molecule has 0 bridgehead atoms. The van der Waals surface area contributed by atoms with Crippen LogP contribution in [0.15, 0.2) is 35.5 Å².